The lowest BCUT2D eigenvalue weighted by Gasteiger charge is -2.36. The van der Waals surface area contributed by atoms with E-state index in [9.17, 15) is 0 Å². The molecule has 1 N–H and O–H groups in total. The topological polar surface area (TPSA) is 31.6 Å². The third-order valence-corrected chi connectivity index (χ3v) is 4.06. The van der Waals surface area contributed by atoms with Gasteiger partial charge in [0.2, 0.25) is 0 Å². The number of hydrogen-bond acceptors (Lipinski definition) is 4. The molecule has 0 aromatic carbocycles. The zero-order chi connectivity index (χ0) is 13.7. The van der Waals surface area contributed by atoms with Crippen LogP contribution in [0.3, 0.4) is 0 Å². The summed E-state index contributed by atoms with van der Waals surface area (Å²) in [6.07, 6.45) is 4.39. The summed E-state index contributed by atoms with van der Waals surface area (Å²) in [5.74, 6) is 1.02. The number of likely N-dealkylation sites (N-methyl/N-ethyl adjacent to an activating group) is 1. The molecule has 1 saturated heterocycles. The average molecular weight is 265 g/mol. The van der Waals surface area contributed by atoms with Crippen molar-refractivity contribution in [2.45, 2.75) is 31.8 Å². The molecule has 1 aromatic rings. The van der Waals surface area contributed by atoms with Crippen LogP contribution in [0.2, 0.25) is 0 Å². The maximum absolute atomic E-state index is 5.40. The van der Waals surface area contributed by atoms with Gasteiger partial charge in [-0.2, -0.15) is 0 Å². The van der Waals surface area contributed by atoms with Crippen molar-refractivity contribution >= 4 is 0 Å². The Morgan fingerprint density at radius 3 is 3.05 bits per heavy atom. The van der Waals surface area contributed by atoms with E-state index in [0.717, 1.165) is 24.9 Å². The van der Waals surface area contributed by atoms with E-state index in [4.69, 9.17) is 4.42 Å². The SMILES string of the molecule is CC(NCCN1CCCC(N(C)C)C1)c1ccco1. The fraction of sp³-hybridized carbons (Fsp3) is 0.733. The highest BCUT2D eigenvalue weighted by Crippen LogP contribution is 2.14. The van der Waals surface area contributed by atoms with Crippen LogP contribution < -0.4 is 5.32 Å². The van der Waals surface area contributed by atoms with Crippen LogP contribution in [0.15, 0.2) is 22.8 Å². The molecule has 0 bridgehead atoms. The van der Waals surface area contributed by atoms with Gasteiger partial charge in [0.1, 0.15) is 5.76 Å². The van der Waals surface area contributed by atoms with Crippen molar-refractivity contribution in [1.29, 1.82) is 0 Å². The van der Waals surface area contributed by atoms with E-state index < -0.39 is 0 Å². The Kier molecular flexibility index (Phi) is 5.43. The van der Waals surface area contributed by atoms with Gasteiger partial charge in [0.25, 0.3) is 0 Å². The number of hydrogen-bond donors (Lipinski definition) is 1. The molecule has 1 aliphatic heterocycles. The van der Waals surface area contributed by atoms with Crippen molar-refractivity contribution in [3.8, 4) is 0 Å². The summed E-state index contributed by atoms with van der Waals surface area (Å²) < 4.78 is 5.40. The molecule has 0 aliphatic carbocycles. The number of likely N-dealkylation sites (tertiary alicyclic amines) is 1. The predicted octanol–water partition coefficient (Wildman–Crippen LogP) is 1.96. The molecular weight excluding hydrogens is 238 g/mol. The summed E-state index contributed by atoms with van der Waals surface area (Å²) >= 11 is 0. The molecule has 0 spiro atoms. The van der Waals surface area contributed by atoms with Crippen LogP contribution in [0.5, 0.6) is 0 Å². The third kappa shape index (κ3) is 4.34. The largest absolute Gasteiger partial charge is 0.468 e. The number of furan rings is 1. The minimum atomic E-state index is 0.296. The number of nitrogens with one attached hydrogen (secondary N) is 1. The van der Waals surface area contributed by atoms with Gasteiger partial charge in [-0.3, -0.25) is 0 Å². The predicted molar refractivity (Wildman–Crippen MR) is 78.3 cm³/mol. The molecule has 108 valence electrons. The van der Waals surface area contributed by atoms with E-state index in [1.165, 1.54) is 25.9 Å². The second-order valence-electron chi connectivity index (χ2n) is 5.75. The number of nitrogens with zero attached hydrogens (tertiary/aromatic N) is 2. The normalized spacial score (nSPS) is 22.8. The Morgan fingerprint density at radius 2 is 2.37 bits per heavy atom. The van der Waals surface area contributed by atoms with Crippen molar-refractivity contribution in [2.75, 3.05) is 40.3 Å². The lowest BCUT2D eigenvalue weighted by Crippen LogP contribution is -2.47. The first kappa shape index (κ1) is 14.6. The van der Waals surface area contributed by atoms with Crippen LogP contribution in [0.1, 0.15) is 31.6 Å². The molecule has 2 heterocycles. The molecule has 2 rings (SSSR count). The van der Waals surface area contributed by atoms with Gasteiger partial charge in [-0.1, -0.05) is 0 Å². The van der Waals surface area contributed by atoms with Crippen molar-refractivity contribution < 1.29 is 4.42 Å². The van der Waals surface area contributed by atoms with Crippen molar-refractivity contribution in [1.82, 2.24) is 15.1 Å². The fourth-order valence-electron chi connectivity index (χ4n) is 2.73. The van der Waals surface area contributed by atoms with Gasteiger partial charge in [-0.25, -0.2) is 0 Å². The van der Waals surface area contributed by atoms with E-state index in [-0.39, 0.29) is 0 Å². The maximum atomic E-state index is 5.40. The molecule has 1 aromatic heterocycles. The Balaban J connectivity index is 1.68. The van der Waals surface area contributed by atoms with Crippen LogP contribution in [-0.2, 0) is 0 Å². The van der Waals surface area contributed by atoms with Gasteiger partial charge in [0.05, 0.1) is 12.3 Å². The van der Waals surface area contributed by atoms with Crippen molar-refractivity contribution in [3.63, 3.8) is 0 Å². The molecule has 0 saturated carbocycles. The zero-order valence-corrected chi connectivity index (χ0v) is 12.4. The van der Waals surface area contributed by atoms with E-state index in [0.29, 0.717) is 6.04 Å². The first-order valence-corrected chi connectivity index (χ1v) is 7.32. The minimum Gasteiger partial charge on any atom is -0.468 e. The zero-order valence-electron chi connectivity index (χ0n) is 12.4. The first-order chi connectivity index (χ1) is 9.16. The van der Waals surface area contributed by atoms with Gasteiger partial charge >= 0.3 is 0 Å². The Morgan fingerprint density at radius 1 is 1.53 bits per heavy atom. The molecule has 2 atom stereocenters. The third-order valence-electron chi connectivity index (χ3n) is 4.06. The second kappa shape index (κ2) is 7.08. The van der Waals surface area contributed by atoms with Gasteiger partial charge in [-0.15, -0.1) is 0 Å². The quantitative estimate of drug-likeness (QED) is 0.852. The minimum absolute atomic E-state index is 0.296. The second-order valence-corrected chi connectivity index (χ2v) is 5.75. The molecule has 0 amide bonds. The van der Waals surface area contributed by atoms with E-state index >= 15 is 0 Å². The van der Waals surface area contributed by atoms with Gasteiger partial charge in [0.15, 0.2) is 0 Å². The molecule has 0 radical (unpaired) electrons. The van der Waals surface area contributed by atoms with Crippen LogP contribution >= 0.6 is 0 Å². The summed E-state index contributed by atoms with van der Waals surface area (Å²) in [4.78, 5) is 4.92. The fourth-order valence-corrected chi connectivity index (χ4v) is 2.73. The highest BCUT2D eigenvalue weighted by atomic mass is 16.3. The average Bonchev–Trinajstić information content (AvgIpc) is 2.93. The summed E-state index contributed by atoms with van der Waals surface area (Å²) in [5.41, 5.74) is 0. The van der Waals surface area contributed by atoms with Gasteiger partial charge in [-0.05, 0) is 52.5 Å². The Labute approximate surface area is 116 Å². The van der Waals surface area contributed by atoms with E-state index in [2.05, 4.69) is 36.1 Å². The van der Waals surface area contributed by atoms with E-state index in [1.807, 2.05) is 12.1 Å². The summed E-state index contributed by atoms with van der Waals surface area (Å²) in [6.45, 7) is 6.72. The van der Waals surface area contributed by atoms with Crippen LogP contribution in [0.4, 0.5) is 0 Å². The maximum Gasteiger partial charge on any atom is 0.120 e. The van der Waals surface area contributed by atoms with E-state index in [1.54, 1.807) is 6.26 Å². The van der Waals surface area contributed by atoms with Gasteiger partial charge in [0, 0.05) is 25.7 Å². The highest BCUT2D eigenvalue weighted by molar-refractivity contribution is 5.02. The number of rotatable bonds is 6. The Bertz CT molecular complexity index is 350. The molecule has 4 heteroatoms. The lowest BCUT2D eigenvalue weighted by atomic mass is 10.1. The van der Waals surface area contributed by atoms with Crippen molar-refractivity contribution in [3.05, 3.63) is 24.2 Å². The number of piperidine rings is 1. The molecular formula is C15H27N3O. The van der Waals surface area contributed by atoms with Crippen LogP contribution in [0, 0.1) is 0 Å². The molecule has 4 nitrogen and oxygen atoms in total. The monoisotopic (exact) mass is 265 g/mol. The standard InChI is InChI=1S/C15H27N3O/c1-13(15-7-5-11-19-15)16-8-10-18-9-4-6-14(12-18)17(2)3/h5,7,11,13-14,16H,4,6,8-10,12H2,1-3H3. The molecule has 1 fully saturated rings. The Hall–Kier alpha value is -0.840. The molecule has 1 aliphatic rings. The smallest absolute Gasteiger partial charge is 0.120 e. The highest BCUT2D eigenvalue weighted by Gasteiger charge is 2.20. The van der Waals surface area contributed by atoms with Crippen LogP contribution in [-0.4, -0.2) is 56.1 Å². The summed E-state index contributed by atoms with van der Waals surface area (Å²) in [5, 5.41) is 3.53. The van der Waals surface area contributed by atoms with Gasteiger partial charge < -0.3 is 19.5 Å². The molecule has 19 heavy (non-hydrogen) atoms. The summed E-state index contributed by atoms with van der Waals surface area (Å²) in [7, 11) is 4.37. The first-order valence-electron chi connectivity index (χ1n) is 7.32. The van der Waals surface area contributed by atoms with Crippen molar-refractivity contribution in [2.24, 2.45) is 0 Å². The lowest BCUT2D eigenvalue weighted by molar-refractivity contribution is 0.133. The summed E-state index contributed by atoms with van der Waals surface area (Å²) in [6, 6.07) is 4.99. The van der Waals surface area contributed by atoms with Crippen LogP contribution in [0.25, 0.3) is 0 Å². The molecule has 2 unspecified atom stereocenters.